The molecular formula is C19H22N2O2S. The van der Waals surface area contributed by atoms with E-state index in [0.29, 0.717) is 11.6 Å². The summed E-state index contributed by atoms with van der Waals surface area (Å²) < 4.78 is 0. The van der Waals surface area contributed by atoms with Crippen LogP contribution in [0.25, 0.3) is 11.3 Å². The molecule has 0 radical (unpaired) electrons. The van der Waals surface area contributed by atoms with E-state index in [1.54, 1.807) is 0 Å². The Bertz CT molecular complexity index is 730. The van der Waals surface area contributed by atoms with Gasteiger partial charge in [-0.1, -0.05) is 36.8 Å². The topological polar surface area (TPSA) is 53.4 Å². The van der Waals surface area contributed by atoms with Crippen LogP contribution in [-0.2, 0) is 0 Å². The predicted molar refractivity (Wildman–Crippen MR) is 95.0 cm³/mol. The van der Waals surface area contributed by atoms with E-state index in [0.717, 1.165) is 49.9 Å². The van der Waals surface area contributed by atoms with Crippen LogP contribution >= 0.6 is 11.3 Å². The summed E-state index contributed by atoms with van der Waals surface area (Å²) >= 11 is 1.41. The maximum Gasteiger partial charge on any atom is 0.282 e. The van der Waals surface area contributed by atoms with Gasteiger partial charge in [0.2, 0.25) is 0 Å². The number of carbonyl (C=O) groups excluding carboxylic acids is 1. The van der Waals surface area contributed by atoms with Gasteiger partial charge >= 0.3 is 0 Å². The van der Waals surface area contributed by atoms with E-state index < -0.39 is 0 Å². The zero-order valence-electron chi connectivity index (χ0n) is 13.6. The van der Waals surface area contributed by atoms with E-state index in [1.807, 2.05) is 40.6 Å². The lowest BCUT2D eigenvalue weighted by Crippen LogP contribution is -2.49. The Balaban J connectivity index is 1.53. The Morgan fingerprint density at radius 3 is 2.79 bits per heavy atom. The second kappa shape index (κ2) is 6.30. The summed E-state index contributed by atoms with van der Waals surface area (Å²) in [7, 11) is 0. The summed E-state index contributed by atoms with van der Waals surface area (Å²) in [6, 6.07) is 9.95. The molecule has 2 heterocycles. The van der Waals surface area contributed by atoms with Crippen molar-refractivity contribution in [1.29, 1.82) is 0 Å². The van der Waals surface area contributed by atoms with Gasteiger partial charge in [-0.3, -0.25) is 4.79 Å². The third kappa shape index (κ3) is 2.76. The molecule has 0 bridgehead atoms. The number of aliphatic hydroxyl groups is 1. The number of piperidine rings is 1. The van der Waals surface area contributed by atoms with Crippen LogP contribution in [0.15, 0.2) is 35.7 Å². The number of carbonyl (C=O) groups is 1. The van der Waals surface area contributed by atoms with Crippen molar-refractivity contribution in [1.82, 2.24) is 9.88 Å². The third-order valence-corrected chi connectivity index (χ3v) is 6.34. The quantitative estimate of drug-likeness (QED) is 0.907. The van der Waals surface area contributed by atoms with Gasteiger partial charge in [0.25, 0.3) is 5.91 Å². The number of benzene rings is 1. The first-order valence-electron chi connectivity index (χ1n) is 8.66. The number of hydrogen-bond acceptors (Lipinski definition) is 4. The normalized spacial score (nSPS) is 26.9. The first-order valence-corrected chi connectivity index (χ1v) is 9.54. The Morgan fingerprint density at radius 1 is 1.25 bits per heavy atom. The number of aliphatic hydroxyl groups excluding tert-OH is 1. The second-order valence-corrected chi connectivity index (χ2v) is 7.86. The maximum absolute atomic E-state index is 12.9. The van der Waals surface area contributed by atoms with Crippen molar-refractivity contribution in [2.45, 2.75) is 38.2 Å². The summed E-state index contributed by atoms with van der Waals surface area (Å²) in [5, 5.41) is 12.9. The summed E-state index contributed by atoms with van der Waals surface area (Å²) in [4.78, 5) is 19.3. The SMILES string of the molecule is O=C(c1nc(-c2ccccc2)cs1)N1CCC[C@]2(CCC[C@H]2O)C1. The van der Waals surface area contributed by atoms with Gasteiger partial charge in [-0.05, 0) is 25.7 Å². The van der Waals surface area contributed by atoms with Crippen molar-refractivity contribution >= 4 is 17.2 Å². The Kier molecular flexibility index (Phi) is 4.14. The first kappa shape index (κ1) is 15.8. The lowest BCUT2D eigenvalue weighted by molar-refractivity contribution is -0.00536. The van der Waals surface area contributed by atoms with E-state index in [-0.39, 0.29) is 17.4 Å². The number of likely N-dealkylation sites (tertiary alicyclic amines) is 1. The van der Waals surface area contributed by atoms with Crippen LogP contribution in [-0.4, -0.2) is 40.1 Å². The average Bonchev–Trinajstić information content (AvgIpc) is 3.24. The number of rotatable bonds is 2. The highest BCUT2D eigenvalue weighted by Gasteiger charge is 2.45. The van der Waals surface area contributed by atoms with E-state index >= 15 is 0 Å². The average molecular weight is 342 g/mol. The highest BCUT2D eigenvalue weighted by molar-refractivity contribution is 7.12. The van der Waals surface area contributed by atoms with E-state index in [2.05, 4.69) is 4.98 Å². The van der Waals surface area contributed by atoms with Gasteiger partial charge in [0.05, 0.1) is 11.8 Å². The number of thiazole rings is 1. The molecule has 126 valence electrons. The van der Waals surface area contributed by atoms with Crippen molar-refractivity contribution in [3.05, 3.63) is 40.7 Å². The molecule has 24 heavy (non-hydrogen) atoms. The summed E-state index contributed by atoms with van der Waals surface area (Å²) in [5.74, 6) is 0.0142. The molecule has 4 nitrogen and oxygen atoms in total. The molecule has 5 heteroatoms. The lowest BCUT2D eigenvalue weighted by atomic mass is 9.76. The van der Waals surface area contributed by atoms with Gasteiger partial charge in [0.1, 0.15) is 0 Å². The molecule has 2 aromatic rings. The lowest BCUT2D eigenvalue weighted by Gasteiger charge is -2.42. The van der Waals surface area contributed by atoms with Gasteiger partial charge in [-0.2, -0.15) is 0 Å². The zero-order chi connectivity index (χ0) is 16.6. The second-order valence-electron chi connectivity index (χ2n) is 7.00. The molecular weight excluding hydrogens is 320 g/mol. The molecule has 1 spiro atoms. The van der Waals surface area contributed by atoms with Crippen molar-refractivity contribution in [3.63, 3.8) is 0 Å². The molecule has 1 amide bonds. The Labute approximate surface area is 146 Å². The van der Waals surface area contributed by atoms with Gasteiger partial charge < -0.3 is 10.0 Å². The van der Waals surface area contributed by atoms with Gasteiger partial charge in [0.15, 0.2) is 5.01 Å². The van der Waals surface area contributed by atoms with E-state index in [1.165, 1.54) is 11.3 Å². The van der Waals surface area contributed by atoms with Gasteiger partial charge in [-0.25, -0.2) is 4.98 Å². The number of aromatic nitrogens is 1. The van der Waals surface area contributed by atoms with Crippen molar-refractivity contribution < 1.29 is 9.90 Å². The fourth-order valence-electron chi connectivity index (χ4n) is 4.18. The molecule has 1 aliphatic heterocycles. The molecule has 1 aromatic heterocycles. The Morgan fingerprint density at radius 2 is 2.04 bits per heavy atom. The van der Waals surface area contributed by atoms with Crippen LogP contribution in [0.1, 0.15) is 41.9 Å². The molecule has 1 N–H and O–H groups in total. The standard InChI is InChI=1S/C19H22N2O2S/c22-16-8-4-9-19(16)10-5-11-21(13-19)18(23)17-20-15(12-24-17)14-6-2-1-3-7-14/h1-3,6-7,12,16,22H,4-5,8-11,13H2/t16-,19-/m1/s1. The molecule has 0 unspecified atom stereocenters. The fraction of sp³-hybridized carbons (Fsp3) is 0.474. The summed E-state index contributed by atoms with van der Waals surface area (Å²) in [6.45, 7) is 1.45. The number of hydrogen-bond donors (Lipinski definition) is 1. The number of amides is 1. The molecule has 2 aliphatic rings. The molecule has 4 rings (SSSR count). The van der Waals surface area contributed by atoms with Crippen LogP contribution in [0, 0.1) is 5.41 Å². The van der Waals surface area contributed by atoms with Crippen molar-refractivity contribution in [3.8, 4) is 11.3 Å². The largest absolute Gasteiger partial charge is 0.392 e. The first-order chi connectivity index (χ1) is 11.7. The van der Waals surface area contributed by atoms with Crippen LogP contribution in [0.4, 0.5) is 0 Å². The van der Waals surface area contributed by atoms with Gasteiger partial charge in [-0.15, -0.1) is 11.3 Å². The minimum Gasteiger partial charge on any atom is -0.392 e. The number of nitrogens with zero attached hydrogens (tertiary/aromatic N) is 2. The van der Waals surface area contributed by atoms with Crippen LogP contribution in [0.2, 0.25) is 0 Å². The summed E-state index contributed by atoms with van der Waals surface area (Å²) in [6.07, 6.45) is 4.72. The van der Waals surface area contributed by atoms with E-state index in [4.69, 9.17) is 0 Å². The smallest absolute Gasteiger partial charge is 0.282 e. The summed E-state index contributed by atoms with van der Waals surface area (Å²) in [5.41, 5.74) is 1.82. The highest BCUT2D eigenvalue weighted by Crippen LogP contribution is 2.45. The molecule has 2 fully saturated rings. The van der Waals surface area contributed by atoms with Crippen LogP contribution in [0.3, 0.4) is 0 Å². The molecule has 2 atom stereocenters. The fourth-order valence-corrected chi connectivity index (χ4v) is 4.97. The zero-order valence-corrected chi connectivity index (χ0v) is 14.5. The van der Waals surface area contributed by atoms with Crippen molar-refractivity contribution in [2.75, 3.05) is 13.1 Å². The molecule has 1 aromatic carbocycles. The predicted octanol–water partition coefficient (Wildman–Crippen LogP) is 3.58. The van der Waals surface area contributed by atoms with Crippen LogP contribution < -0.4 is 0 Å². The minimum atomic E-state index is -0.260. The molecule has 1 saturated heterocycles. The third-order valence-electron chi connectivity index (χ3n) is 5.51. The molecule has 1 aliphatic carbocycles. The minimum absolute atomic E-state index is 0.0142. The van der Waals surface area contributed by atoms with Crippen LogP contribution in [0.5, 0.6) is 0 Å². The van der Waals surface area contributed by atoms with Gasteiger partial charge in [0, 0.05) is 29.4 Å². The highest BCUT2D eigenvalue weighted by atomic mass is 32.1. The van der Waals surface area contributed by atoms with Crippen molar-refractivity contribution in [2.24, 2.45) is 5.41 Å². The van der Waals surface area contributed by atoms with E-state index in [9.17, 15) is 9.90 Å². The monoisotopic (exact) mass is 342 g/mol. The maximum atomic E-state index is 12.9. The Hall–Kier alpha value is -1.72. The molecule has 1 saturated carbocycles.